The van der Waals surface area contributed by atoms with Crippen molar-refractivity contribution in [1.29, 1.82) is 5.41 Å². The summed E-state index contributed by atoms with van der Waals surface area (Å²) >= 11 is 0. The van der Waals surface area contributed by atoms with Crippen LogP contribution in [0.2, 0.25) is 0 Å². The lowest BCUT2D eigenvalue weighted by molar-refractivity contribution is 0.0846. The smallest absolute Gasteiger partial charge is 0.388 e. The molecule has 28 heavy (non-hydrogen) atoms. The summed E-state index contributed by atoms with van der Waals surface area (Å²) in [6, 6.07) is 0. The summed E-state index contributed by atoms with van der Waals surface area (Å²) in [7, 11) is 0. The van der Waals surface area contributed by atoms with Crippen molar-refractivity contribution in [2.45, 2.75) is 51.4 Å². The molecule has 0 bridgehead atoms. The average molecular weight is 390 g/mol. The Morgan fingerprint density at radius 2 is 1.89 bits per heavy atom. The van der Waals surface area contributed by atoms with Crippen molar-refractivity contribution in [3.05, 3.63) is 11.5 Å². The number of nitrogen functional groups attached to an aromatic ring is 1. The van der Waals surface area contributed by atoms with Crippen molar-refractivity contribution in [3.8, 4) is 0 Å². The minimum atomic E-state index is -1.08. The quantitative estimate of drug-likeness (QED) is 0.446. The number of nitrogens with one attached hydrogen (secondary N) is 2. The molecule has 0 aromatic carbocycles. The van der Waals surface area contributed by atoms with Crippen molar-refractivity contribution in [3.63, 3.8) is 0 Å². The largest absolute Gasteiger partial charge is 0.411 e. The summed E-state index contributed by atoms with van der Waals surface area (Å²) in [4.78, 5) is 19.7. The molecule has 9 heteroatoms. The van der Waals surface area contributed by atoms with Crippen LogP contribution in [0.3, 0.4) is 0 Å². The molecule has 2 fully saturated rings. The Hall–Kier alpha value is -2.42. The van der Waals surface area contributed by atoms with E-state index < -0.39 is 12.0 Å². The number of carbonyl (C=O) groups excluding carboxylic acids is 1. The van der Waals surface area contributed by atoms with Gasteiger partial charge in [-0.15, -0.1) is 0 Å². The molecule has 1 aliphatic heterocycles. The molecule has 6 N–H and O–H groups in total. The van der Waals surface area contributed by atoms with Crippen LogP contribution >= 0.6 is 0 Å². The summed E-state index contributed by atoms with van der Waals surface area (Å²) in [5.74, 6) is 1.28. The van der Waals surface area contributed by atoms with E-state index in [1.54, 1.807) is 0 Å². The maximum absolute atomic E-state index is 11.0. The highest BCUT2D eigenvalue weighted by molar-refractivity contribution is 5.95. The number of hydrogen-bond donors (Lipinski definition) is 4. The lowest BCUT2D eigenvalue weighted by Gasteiger charge is -2.28. The normalized spacial score (nSPS) is 23.2. The van der Waals surface area contributed by atoms with E-state index in [1.807, 2.05) is 0 Å². The van der Waals surface area contributed by atoms with Crippen LogP contribution in [-0.4, -0.2) is 41.7 Å². The van der Waals surface area contributed by atoms with Crippen LogP contribution in [0.5, 0.6) is 0 Å². The van der Waals surface area contributed by atoms with Gasteiger partial charge in [-0.05, 0) is 37.5 Å². The second-order valence-electron chi connectivity index (χ2n) is 7.84. The molecular weight excluding hydrogens is 360 g/mol. The summed E-state index contributed by atoms with van der Waals surface area (Å²) in [6.45, 7) is 4.43. The van der Waals surface area contributed by atoms with Crippen LogP contribution in [0.1, 0.15) is 62.9 Å². The predicted octanol–water partition coefficient (Wildman–Crippen LogP) is 2.61. The number of primary amides is 1. The van der Waals surface area contributed by atoms with E-state index in [1.165, 1.54) is 25.7 Å². The molecule has 2 heterocycles. The third-order valence-electron chi connectivity index (χ3n) is 5.68. The van der Waals surface area contributed by atoms with Crippen molar-refractivity contribution in [1.82, 2.24) is 9.97 Å². The van der Waals surface area contributed by atoms with Crippen molar-refractivity contribution < 1.29 is 14.3 Å². The van der Waals surface area contributed by atoms with E-state index in [0.29, 0.717) is 19.1 Å². The second-order valence-corrected chi connectivity index (χ2v) is 7.84. The number of anilines is 2. The molecule has 9 nitrogen and oxygen atoms in total. The molecule has 2 aliphatic rings. The first kappa shape index (κ1) is 20.3. The number of rotatable bonds is 5. The fourth-order valence-electron chi connectivity index (χ4n) is 3.97. The molecule has 1 aliphatic carbocycles. The van der Waals surface area contributed by atoms with Gasteiger partial charge in [0.15, 0.2) is 5.82 Å². The first-order valence-corrected chi connectivity index (χ1v) is 9.99. The summed E-state index contributed by atoms with van der Waals surface area (Å²) < 4.78 is 10.1. The van der Waals surface area contributed by atoms with Crippen molar-refractivity contribution in [2.24, 2.45) is 17.6 Å². The lowest BCUT2D eigenvalue weighted by atomic mass is 9.83. The minimum absolute atomic E-state index is 0.0326. The van der Waals surface area contributed by atoms with Crippen LogP contribution in [0.4, 0.5) is 16.3 Å². The highest BCUT2D eigenvalue weighted by atomic mass is 16.6. The highest BCUT2D eigenvalue weighted by Crippen LogP contribution is 2.35. The number of carbonyl (C=O) groups is 1. The minimum Gasteiger partial charge on any atom is -0.388 e. The third-order valence-corrected chi connectivity index (χ3v) is 5.68. The summed E-state index contributed by atoms with van der Waals surface area (Å²) in [6.07, 6.45) is 5.48. The number of aromatic nitrogens is 2. The zero-order valence-electron chi connectivity index (χ0n) is 16.4. The van der Waals surface area contributed by atoms with Gasteiger partial charge in [0.25, 0.3) is 5.90 Å². The number of nitrogens with two attached hydrogens (primary N) is 2. The molecule has 0 radical (unpaired) electrons. The molecule has 1 saturated carbocycles. The maximum atomic E-state index is 11.0. The lowest BCUT2D eigenvalue weighted by Crippen LogP contribution is -2.25. The molecule has 1 aromatic rings. The van der Waals surface area contributed by atoms with E-state index in [-0.39, 0.29) is 17.6 Å². The number of nitrogens with zero attached hydrogens (tertiary/aromatic N) is 2. The van der Waals surface area contributed by atoms with Gasteiger partial charge in [0, 0.05) is 25.7 Å². The SMILES string of the molecule is C[C@H]1CC[C@H](CNc2c(N)nc(C(=N)OC(N)=O)nc2C2CCOCC2)CC1. The fourth-order valence-corrected chi connectivity index (χ4v) is 3.97. The van der Waals surface area contributed by atoms with Crippen LogP contribution in [0.15, 0.2) is 0 Å². The fraction of sp³-hybridized carbons (Fsp3) is 0.684. The van der Waals surface area contributed by atoms with Gasteiger partial charge in [-0.2, -0.15) is 0 Å². The topological polar surface area (TPSA) is 149 Å². The highest BCUT2D eigenvalue weighted by Gasteiger charge is 2.26. The van der Waals surface area contributed by atoms with Crippen LogP contribution in [-0.2, 0) is 9.47 Å². The number of amides is 1. The average Bonchev–Trinajstić information content (AvgIpc) is 2.68. The van der Waals surface area contributed by atoms with Gasteiger partial charge in [0.1, 0.15) is 0 Å². The summed E-state index contributed by atoms with van der Waals surface area (Å²) in [5, 5.41) is 11.3. The van der Waals surface area contributed by atoms with Crippen molar-refractivity contribution in [2.75, 3.05) is 30.8 Å². The Balaban J connectivity index is 1.82. The van der Waals surface area contributed by atoms with Crippen molar-refractivity contribution >= 4 is 23.5 Å². The van der Waals surface area contributed by atoms with Gasteiger partial charge >= 0.3 is 6.09 Å². The number of hydrogen-bond acceptors (Lipinski definition) is 8. The van der Waals surface area contributed by atoms with Crippen LogP contribution < -0.4 is 16.8 Å². The van der Waals surface area contributed by atoms with Gasteiger partial charge in [0.05, 0.1) is 11.4 Å². The zero-order valence-corrected chi connectivity index (χ0v) is 16.4. The van der Waals surface area contributed by atoms with E-state index in [2.05, 4.69) is 26.9 Å². The third kappa shape index (κ3) is 5.09. The predicted molar refractivity (Wildman–Crippen MR) is 106 cm³/mol. The molecule has 0 atom stereocenters. The Morgan fingerprint density at radius 1 is 1.21 bits per heavy atom. The standard InChI is InChI=1S/C19H30N6O3/c1-11-2-4-12(5-3-11)10-23-15-14(13-6-8-27-9-7-13)24-18(25-16(15)20)17(21)28-19(22)26/h11-13,21,23H,2-10H2,1H3,(H2,22,26)(H2,20,24,25)/t11-,12-. The van der Waals surface area contributed by atoms with Crippen LogP contribution in [0, 0.1) is 17.2 Å². The number of ether oxygens (including phenoxy) is 2. The molecule has 0 spiro atoms. The van der Waals surface area contributed by atoms with Gasteiger partial charge in [-0.25, -0.2) is 14.8 Å². The van der Waals surface area contributed by atoms with E-state index in [0.717, 1.165) is 36.7 Å². The summed E-state index contributed by atoms with van der Waals surface area (Å²) in [5.41, 5.74) is 12.7. The maximum Gasteiger partial charge on any atom is 0.411 e. The second kappa shape index (κ2) is 9.18. The first-order valence-electron chi connectivity index (χ1n) is 9.99. The molecule has 0 unspecified atom stereocenters. The molecule has 1 amide bonds. The van der Waals surface area contributed by atoms with Crippen LogP contribution in [0.25, 0.3) is 0 Å². The van der Waals surface area contributed by atoms with E-state index in [9.17, 15) is 4.79 Å². The van der Waals surface area contributed by atoms with Gasteiger partial charge in [-0.3, -0.25) is 5.41 Å². The molecule has 1 aromatic heterocycles. The molecule has 1 saturated heterocycles. The van der Waals surface area contributed by atoms with E-state index in [4.69, 9.17) is 21.6 Å². The Kier molecular flexibility index (Phi) is 6.66. The zero-order chi connectivity index (χ0) is 20.1. The molecule has 3 rings (SSSR count). The molecular formula is C19H30N6O3. The Labute approximate surface area is 165 Å². The Bertz CT molecular complexity index is 712. The monoisotopic (exact) mass is 390 g/mol. The Morgan fingerprint density at radius 3 is 2.54 bits per heavy atom. The van der Waals surface area contributed by atoms with Gasteiger partial charge in [-0.1, -0.05) is 19.8 Å². The molecule has 154 valence electrons. The van der Waals surface area contributed by atoms with Gasteiger partial charge < -0.3 is 26.3 Å². The first-order chi connectivity index (χ1) is 13.4. The van der Waals surface area contributed by atoms with Gasteiger partial charge in [0.2, 0.25) is 5.82 Å². The van der Waals surface area contributed by atoms with E-state index >= 15 is 0 Å².